The summed E-state index contributed by atoms with van der Waals surface area (Å²) in [5, 5.41) is 2.80. The normalized spacial score (nSPS) is 14.2. The Morgan fingerprint density at radius 1 is 1.12 bits per heavy atom. The van der Waals surface area contributed by atoms with Gasteiger partial charge in [-0.1, -0.05) is 12.1 Å². The fraction of sp³-hybridized carbons (Fsp3) is 0.391. The standard InChI is InChI=1S/C23H29N3O5S2/c1-4-31-19-12-11-17(15-21(19)33(29,30)26-13-7-8-14-26)24-23(28)18-9-5-6-10-20(18)32-16-22(27)25(2)3/h5-6,9-12,15H,4,7-8,13-14,16H2,1-3H3,(H,24,28). The molecular weight excluding hydrogens is 462 g/mol. The summed E-state index contributed by atoms with van der Waals surface area (Å²) in [5.41, 5.74) is 0.761. The van der Waals surface area contributed by atoms with Crippen LogP contribution in [-0.4, -0.2) is 69.0 Å². The summed E-state index contributed by atoms with van der Waals surface area (Å²) >= 11 is 1.28. The van der Waals surface area contributed by atoms with Gasteiger partial charge in [0.05, 0.1) is 17.9 Å². The predicted octanol–water partition coefficient (Wildman–Crippen LogP) is 3.30. The van der Waals surface area contributed by atoms with E-state index >= 15 is 0 Å². The molecule has 33 heavy (non-hydrogen) atoms. The third-order valence-electron chi connectivity index (χ3n) is 5.17. The fourth-order valence-electron chi connectivity index (χ4n) is 3.38. The lowest BCUT2D eigenvalue weighted by Gasteiger charge is -2.19. The Morgan fingerprint density at radius 2 is 1.82 bits per heavy atom. The highest BCUT2D eigenvalue weighted by atomic mass is 32.2. The second-order valence-corrected chi connectivity index (χ2v) is 10.7. The number of carbonyl (C=O) groups excluding carboxylic acids is 2. The molecular formula is C23H29N3O5S2. The predicted molar refractivity (Wildman–Crippen MR) is 129 cm³/mol. The molecule has 178 valence electrons. The molecule has 10 heteroatoms. The summed E-state index contributed by atoms with van der Waals surface area (Å²) in [4.78, 5) is 27.2. The van der Waals surface area contributed by atoms with E-state index in [0.29, 0.717) is 35.8 Å². The molecule has 0 aromatic heterocycles. The van der Waals surface area contributed by atoms with Crippen LogP contribution in [0.1, 0.15) is 30.1 Å². The largest absolute Gasteiger partial charge is 0.492 e. The van der Waals surface area contributed by atoms with E-state index in [1.807, 2.05) is 0 Å². The molecule has 1 aliphatic rings. The van der Waals surface area contributed by atoms with Crippen LogP contribution in [0.25, 0.3) is 0 Å². The molecule has 0 atom stereocenters. The van der Waals surface area contributed by atoms with E-state index in [4.69, 9.17) is 4.74 Å². The Balaban J connectivity index is 1.85. The number of anilines is 1. The number of amides is 2. The lowest BCUT2D eigenvalue weighted by atomic mass is 10.2. The van der Waals surface area contributed by atoms with Gasteiger partial charge in [-0.2, -0.15) is 4.31 Å². The van der Waals surface area contributed by atoms with E-state index in [1.54, 1.807) is 57.4 Å². The molecule has 1 N–H and O–H groups in total. The summed E-state index contributed by atoms with van der Waals surface area (Å²) in [7, 11) is -0.375. The molecule has 0 spiro atoms. The van der Waals surface area contributed by atoms with Crippen LogP contribution in [0, 0.1) is 0 Å². The summed E-state index contributed by atoms with van der Waals surface area (Å²) in [5.74, 6) is 0.0293. The Kier molecular flexibility index (Phi) is 8.39. The van der Waals surface area contributed by atoms with Crippen LogP contribution in [0.15, 0.2) is 52.3 Å². The number of sulfonamides is 1. The zero-order valence-electron chi connectivity index (χ0n) is 19.0. The zero-order chi connectivity index (χ0) is 24.0. The van der Waals surface area contributed by atoms with Gasteiger partial charge < -0.3 is 15.0 Å². The van der Waals surface area contributed by atoms with Gasteiger partial charge in [-0.15, -0.1) is 11.8 Å². The van der Waals surface area contributed by atoms with Crippen molar-refractivity contribution in [2.75, 3.05) is 44.9 Å². The molecule has 0 aliphatic carbocycles. The van der Waals surface area contributed by atoms with E-state index in [0.717, 1.165) is 12.8 Å². The molecule has 2 amide bonds. The molecule has 0 bridgehead atoms. The zero-order valence-corrected chi connectivity index (χ0v) is 20.7. The van der Waals surface area contributed by atoms with Crippen molar-refractivity contribution in [3.63, 3.8) is 0 Å². The molecule has 1 aliphatic heterocycles. The van der Waals surface area contributed by atoms with Gasteiger partial charge in [0.1, 0.15) is 10.6 Å². The topological polar surface area (TPSA) is 96.0 Å². The van der Waals surface area contributed by atoms with Crippen LogP contribution in [0.2, 0.25) is 0 Å². The molecule has 3 rings (SSSR count). The van der Waals surface area contributed by atoms with Crippen LogP contribution in [0.4, 0.5) is 5.69 Å². The van der Waals surface area contributed by atoms with Gasteiger partial charge in [-0.3, -0.25) is 9.59 Å². The third-order valence-corrected chi connectivity index (χ3v) is 8.14. The van der Waals surface area contributed by atoms with Crippen molar-refractivity contribution in [3.8, 4) is 5.75 Å². The average molecular weight is 492 g/mol. The summed E-state index contributed by atoms with van der Waals surface area (Å²) in [6.45, 7) is 3.06. The fourth-order valence-corrected chi connectivity index (χ4v) is 6.08. The van der Waals surface area contributed by atoms with E-state index in [2.05, 4.69) is 5.32 Å². The first kappa shape index (κ1) is 25.1. The monoisotopic (exact) mass is 491 g/mol. The lowest BCUT2D eigenvalue weighted by Crippen LogP contribution is -2.28. The van der Waals surface area contributed by atoms with Gasteiger partial charge in [0.2, 0.25) is 15.9 Å². The van der Waals surface area contributed by atoms with Crippen LogP contribution in [0.3, 0.4) is 0 Å². The van der Waals surface area contributed by atoms with Crippen LogP contribution >= 0.6 is 11.8 Å². The van der Waals surface area contributed by atoms with Gasteiger partial charge >= 0.3 is 0 Å². The number of benzene rings is 2. The van der Waals surface area contributed by atoms with E-state index in [1.165, 1.54) is 27.0 Å². The number of nitrogens with zero attached hydrogens (tertiary/aromatic N) is 2. The third kappa shape index (κ3) is 6.07. The minimum Gasteiger partial charge on any atom is -0.492 e. The maximum atomic E-state index is 13.2. The van der Waals surface area contributed by atoms with Crippen LogP contribution in [0.5, 0.6) is 5.75 Å². The van der Waals surface area contributed by atoms with Crippen LogP contribution in [-0.2, 0) is 14.8 Å². The number of hydrogen-bond donors (Lipinski definition) is 1. The Bertz CT molecular complexity index is 1110. The molecule has 8 nitrogen and oxygen atoms in total. The summed E-state index contributed by atoms with van der Waals surface area (Å²) in [6, 6.07) is 11.6. The number of hydrogen-bond acceptors (Lipinski definition) is 6. The lowest BCUT2D eigenvalue weighted by molar-refractivity contribution is -0.125. The number of nitrogens with one attached hydrogen (secondary N) is 1. The first-order valence-electron chi connectivity index (χ1n) is 10.7. The van der Waals surface area contributed by atoms with E-state index < -0.39 is 10.0 Å². The molecule has 0 radical (unpaired) electrons. The van der Waals surface area contributed by atoms with Crippen LogP contribution < -0.4 is 10.1 Å². The Hall–Kier alpha value is -2.56. The van der Waals surface area contributed by atoms with Crippen molar-refractivity contribution in [1.29, 1.82) is 0 Å². The smallest absolute Gasteiger partial charge is 0.256 e. The summed E-state index contributed by atoms with van der Waals surface area (Å²) < 4.78 is 33.4. The highest BCUT2D eigenvalue weighted by molar-refractivity contribution is 8.00. The highest BCUT2D eigenvalue weighted by Crippen LogP contribution is 2.32. The van der Waals surface area contributed by atoms with Crippen molar-refractivity contribution in [2.45, 2.75) is 29.6 Å². The highest BCUT2D eigenvalue weighted by Gasteiger charge is 2.30. The second-order valence-electron chi connectivity index (χ2n) is 7.73. The van der Waals surface area contributed by atoms with Crippen molar-refractivity contribution >= 4 is 39.3 Å². The van der Waals surface area contributed by atoms with Gasteiger partial charge in [-0.05, 0) is 50.1 Å². The molecule has 1 saturated heterocycles. The van der Waals surface area contributed by atoms with E-state index in [-0.39, 0.29) is 28.2 Å². The van der Waals surface area contributed by atoms with E-state index in [9.17, 15) is 18.0 Å². The number of ether oxygens (including phenoxy) is 1. The maximum absolute atomic E-state index is 13.2. The van der Waals surface area contributed by atoms with Gasteiger partial charge in [0.25, 0.3) is 5.91 Å². The van der Waals surface area contributed by atoms with Crippen molar-refractivity contribution in [1.82, 2.24) is 9.21 Å². The minimum absolute atomic E-state index is 0.0447. The quantitative estimate of drug-likeness (QED) is 0.541. The first-order valence-corrected chi connectivity index (χ1v) is 13.2. The average Bonchev–Trinajstić information content (AvgIpc) is 3.34. The molecule has 2 aromatic carbocycles. The van der Waals surface area contributed by atoms with Gasteiger partial charge in [0, 0.05) is 37.8 Å². The molecule has 2 aromatic rings. The molecule has 0 unspecified atom stereocenters. The first-order chi connectivity index (χ1) is 15.7. The van der Waals surface area contributed by atoms with Crippen molar-refractivity contribution in [3.05, 3.63) is 48.0 Å². The Labute approximate surface area is 199 Å². The number of rotatable bonds is 9. The SMILES string of the molecule is CCOc1ccc(NC(=O)c2ccccc2SCC(=O)N(C)C)cc1S(=O)(=O)N1CCCC1. The summed E-state index contributed by atoms with van der Waals surface area (Å²) in [6.07, 6.45) is 1.65. The maximum Gasteiger partial charge on any atom is 0.256 e. The molecule has 1 fully saturated rings. The molecule has 1 heterocycles. The minimum atomic E-state index is -3.74. The van der Waals surface area contributed by atoms with Crippen molar-refractivity contribution < 1.29 is 22.7 Å². The van der Waals surface area contributed by atoms with Gasteiger partial charge in [0.15, 0.2) is 0 Å². The second kappa shape index (κ2) is 11.0. The Morgan fingerprint density at radius 3 is 2.48 bits per heavy atom. The molecule has 0 saturated carbocycles. The van der Waals surface area contributed by atoms with Gasteiger partial charge in [-0.25, -0.2) is 8.42 Å². The number of carbonyl (C=O) groups is 2. The number of thioether (sulfide) groups is 1. The van der Waals surface area contributed by atoms with Crippen molar-refractivity contribution in [2.24, 2.45) is 0 Å².